The number of nitrogens with zero attached hydrogens (tertiary/aromatic N) is 1. The number of hydrogen-bond acceptors (Lipinski definition) is 3. The third-order valence-corrected chi connectivity index (χ3v) is 11.1. The Morgan fingerprint density at radius 3 is 2.02 bits per heavy atom. The molecule has 256 valence electrons. The van der Waals surface area contributed by atoms with E-state index in [2.05, 4.69) is 203 Å². The number of allylic oxidation sites excluding steroid dienone is 2. The van der Waals surface area contributed by atoms with Crippen molar-refractivity contribution in [1.29, 1.82) is 0 Å². The van der Waals surface area contributed by atoms with Gasteiger partial charge in [0.1, 0.15) is 11.7 Å². The van der Waals surface area contributed by atoms with E-state index in [9.17, 15) is 0 Å². The normalized spacial score (nSPS) is 16.7. The summed E-state index contributed by atoms with van der Waals surface area (Å²) in [7, 11) is 0. The molecule has 2 N–H and O–H groups in total. The largest absolute Gasteiger partial charge is 0.454 e. The Labute approximate surface area is 313 Å². The minimum Gasteiger partial charge on any atom is -0.454 e. The Morgan fingerprint density at radius 1 is 0.519 bits per heavy atom. The van der Waals surface area contributed by atoms with Crippen molar-refractivity contribution in [3.05, 3.63) is 205 Å². The molecule has 2 aromatic heterocycles. The number of aromatic nitrogens is 1. The van der Waals surface area contributed by atoms with Crippen molar-refractivity contribution < 1.29 is 4.42 Å². The van der Waals surface area contributed by atoms with Gasteiger partial charge in [0, 0.05) is 32.8 Å². The van der Waals surface area contributed by atoms with Crippen molar-refractivity contribution in [3.63, 3.8) is 0 Å². The molecule has 0 spiro atoms. The van der Waals surface area contributed by atoms with Gasteiger partial charge in [-0.25, -0.2) is 0 Å². The summed E-state index contributed by atoms with van der Waals surface area (Å²) >= 11 is 0. The van der Waals surface area contributed by atoms with Gasteiger partial charge < -0.3 is 14.3 Å². The first-order chi connectivity index (χ1) is 26.8. The molecule has 7 aromatic carbocycles. The zero-order valence-corrected chi connectivity index (χ0v) is 29.4. The van der Waals surface area contributed by atoms with Gasteiger partial charge >= 0.3 is 0 Å². The standard InChI is InChI=1S/C50H35N3O/c1-3-13-32(14-4-1)34-25-27-35(28-26-34)48-39-18-7-9-21-42(39)51-50(52-48)41-20-12-24-46-47(41)40-19-11-23-44(49(40)54-46)53-43-22-10-8-17-37(43)38-30-29-36(31-45(38)53)33-15-5-2-6-16-33/h1-31,42,50-52H. The lowest BCUT2D eigenvalue weighted by Crippen LogP contribution is -2.45. The maximum absolute atomic E-state index is 6.91. The van der Waals surface area contributed by atoms with E-state index in [0.29, 0.717) is 0 Å². The van der Waals surface area contributed by atoms with Crippen LogP contribution in [0.25, 0.3) is 77.4 Å². The number of nitrogens with one attached hydrogen (secondary N) is 2. The summed E-state index contributed by atoms with van der Waals surface area (Å²) in [5.41, 5.74) is 14.5. The number of fused-ring (bicyclic) bond motifs is 7. The molecule has 2 aliphatic rings. The Kier molecular flexibility index (Phi) is 7.04. The molecule has 4 heteroatoms. The molecule has 0 radical (unpaired) electrons. The highest BCUT2D eigenvalue weighted by molar-refractivity contribution is 6.14. The second-order valence-corrected chi connectivity index (χ2v) is 14.2. The highest BCUT2D eigenvalue weighted by Crippen LogP contribution is 2.42. The Hall–Kier alpha value is -6.88. The lowest BCUT2D eigenvalue weighted by atomic mass is 9.91. The molecule has 3 heterocycles. The second-order valence-electron chi connectivity index (χ2n) is 14.2. The van der Waals surface area contributed by atoms with Gasteiger partial charge in [-0.1, -0.05) is 164 Å². The van der Waals surface area contributed by atoms with Crippen LogP contribution in [0.4, 0.5) is 0 Å². The fraction of sp³-hybridized carbons (Fsp3) is 0.0400. The average Bonchev–Trinajstić information content (AvgIpc) is 3.80. The molecule has 54 heavy (non-hydrogen) atoms. The van der Waals surface area contributed by atoms with Gasteiger partial charge in [-0.15, -0.1) is 0 Å². The van der Waals surface area contributed by atoms with Crippen LogP contribution in [0.5, 0.6) is 0 Å². The van der Waals surface area contributed by atoms with Crippen LogP contribution in [0.3, 0.4) is 0 Å². The summed E-state index contributed by atoms with van der Waals surface area (Å²) in [5, 5.41) is 12.5. The van der Waals surface area contributed by atoms with E-state index in [1.807, 2.05) is 0 Å². The third kappa shape index (κ3) is 4.88. The molecule has 2 atom stereocenters. The van der Waals surface area contributed by atoms with Crippen LogP contribution in [0.15, 0.2) is 198 Å². The summed E-state index contributed by atoms with van der Waals surface area (Å²) in [6.07, 6.45) is 8.56. The minimum atomic E-state index is -0.159. The van der Waals surface area contributed by atoms with Gasteiger partial charge in [-0.3, -0.25) is 5.32 Å². The summed E-state index contributed by atoms with van der Waals surface area (Å²) < 4.78 is 9.29. The Balaban J connectivity index is 1.06. The van der Waals surface area contributed by atoms with E-state index >= 15 is 0 Å². The van der Waals surface area contributed by atoms with Crippen molar-refractivity contribution in [2.75, 3.05) is 0 Å². The topological polar surface area (TPSA) is 42.1 Å². The third-order valence-electron chi connectivity index (χ3n) is 11.1. The predicted octanol–water partition coefficient (Wildman–Crippen LogP) is 12.1. The monoisotopic (exact) mass is 693 g/mol. The first kappa shape index (κ1) is 30.7. The molecule has 0 amide bonds. The number of furan rings is 1. The van der Waals surface area contributed by atoms with E-state index in [1.165, 1.54) is 38.6 Å². The lowest BCUT2D eigenvalue weighted by Gasteiger charge is -2.36. The Morgan fingerprint density at radius 2 is 1.19 bits per heavy atom. The van der Waals surface area contributed by atoms with E-state index in [1.54, 1.807) is 0 Å². The molecule has 4 nitrogen and oxygen atoms in total. The van der Waals surface area contributed by atoms with Gasteiger partial charge in [0.15, 0.2) is 5.58 Å². The molecule has 0 saturated carbocycles. The fourth-order valence-corrected chi connectivity index (χ4v) is 8.57. The van der Waals surface area contributed by atoms with Crippen molar-refractivity contribution >= 4 is 49.4 Å². The summed E-state index contributed by atoms with van der Waals surface area (Å²) in [5.74, 6) is 0. The molecular weight excluding hydrogens is 659 g/mol. The maximum Gasteiger partial charge on any atom is 0.159 e. The first-order valence-corrected chi connectivity index (χ1v) is 18.6. The van der Waals surface area contributed by atoms with Crippen LogP contribution < -0.4 is 10.6 Å². The highest BCUT2D eigenvalue weighted by Gasteiger charge is 2.30. The SMILES string of the molecule is C1=CC2=C(c3ccc(-c4ccccc4)cc3)NC(c3cccc4oc5c(-n6c7ccccc7c7ccc(-c8ccccc8)cc76)cccc5c34)NC2C=C1. The van der Waals surface area contributed by atoms with E-state index in [-0.39, 0.29) is 12.2 Å². The van der Waals surface area contributed by atoms with Crippen LogP contribution in [0.1, 0.15) is 17.3 Å². The quantitative estimate of drug-likeness (QED) is 0.189. The molecule has 9 aromatic rings. The number of benzene rings is 7. The summed E-state index contributed by atoms with van der Waals surface area (Å²) in [6.45, 7) is 0. The Bertz CT molecular complexity index is 2980. The molecule has 1 aliphatic heterocycles. The van der Waals surface area contributed by atoms with Crippen LogP contribution in [0.2, 0.25) is 0 Å². The van der Waals surface area contributed by atoms with Crippen molar-refractivity contribution in [1.82, 2.24) is 15.2 Å². The highest BCUT2D eigenvalue weighted by atomic mass is 16.3. The smallest absolute Gasteiger partial charge is 0.159 e. The van der Waals surface area contributed by atoms with Gasteiger partial charge in [-0.05, 0) is 57.7 Å². The molecule has 1 aliphatic carbocycles. The molecule has 0 bridgehead atoms. The van der Waals surface area contributed by atoms with Crippen molar-refractivity contribution in [2.24, 2.45) is 0 Å². The van der Waals surface area contributed by atoms with Gasteiger partial charge in [0.05, 0.1) is 22.8 Å². The molecular formula is C50H35N3O. The number of hydrogen-bond donors (Lipinski definition) is 2. The van der Waals surface area contributed by atoms with Crippen LogP contribution >= 0.6 is 0 Å². The van der Waals surface area contributed by atoms with Gasteiger partial charge in [0.2, 0.25) is 0 Å². The second kappa shape index (κ2) is 12.4. The summed E-state index contributed by atoms with van der Waals surface area (Å²) in [4.78, 5) is 0. The average molecular weight is 694 g/mol. The van der Waals surface area contributed by atoms with Crippen LogP contribution in [-0.2, 0) is 0 Å². The van der Waals surface area contributed by atoms with E-state index < -0.39 is 0 Å². The minimum absolute atomic E-state index is 0.0606. The van der Waals surface area contributed by atoms with Gasteiger partial charge in [-0.2, -0.15) is 0 Å². The maximum atomic E-state index is 6.91. The van der Waals surface area contributed by atoms with E-state index in [4.69, 9.17) is 4.42 Å². The fourth-order valence-electron chi connectivity index (χ4n) is 8.57. The molecule has 0 fully saturated rings. The van der Waals surface area contributed by atoms with Crippen LogP contribution in [0, 0.1) is 0 Å². The zero-order chi connectivity index (χ0) is 35.6. The van der Waals surface area contributed by atoms with Crippen LogP contribution in [-0.4, -0.2) is 10.6 Å². The predicted molar refractivity (Wildman–Crippen MR) is 223 cm³/mol. The molecule has 2 unspecified atom stereocenters. The zero-order valence-electron chi connectivity index (χ0n) is 29.4. The number of rotatable bonds is 5. The molecule has 11 rings (SSSR count). The van der Waals surface area contributed by atoms with Crippen molar-refractivity contribution in [3.8, 4) is 27.9 Å². The van der Waals surface area contributed by atoms with Gasteiger partial charge in [0.25, 0.3) is 0 Å². The summed E-state index contributed by atoms with van der Waals surface area (Å²) in [6, 6.07) is 58.6. The lowest BCUT2D eigenvalue weighted by molar-refractivity contribution is 0.462. The van der Waals surface area contributed by atoms with Crippen molar-refractivity contribution in [2.45, 2.75) is 12.2 Å². The number of para-hydroxylation sites is 2. The first-order valence-electron chi connectivity index (χ1n) is 18.6. The molecule has 0 saturated heterocycles. The van der Waals surface area contributed by atoms with E-state index in [0.717, 1.165) is 55.5 Å².